The van der Waals surface area contributed by atoms with E-state index in [9.17, 15) is 18.0 Å². The zero-order valence-electron chi connectivity index (χ0n) is 5.98. The lowest BCUT2D eigenvalue weighted by molar-refractivity contribution is -0.275. The molecule has 0 spiro atoms. The summed E-state index contributed by atoms with van der Waals surface area (Å²) >= 11 is 1.48. The molecule has 0 amide bonds. The summed E-state index contributed by atoms with van der Waals surface area (Å²) in [6.45, 7) is 0. The molecule has 0 bridgehead atoms. The van der Waals surface area contributed by atoms with E-state index in [4.69, 9.17) is 0 Å². The minimum atomic E-state index is -4.77. The van der Waals surface area contributed by atoms with Gasteiger partial charge in [-0.3, -0.25) is 4.79 Å². The maximum absolute atomic E-state index is 11.7. The van der Waals surface area contributed by atoms with Crippen molar-refractivity contribution in [2.45, 2.75) is 6.36 Å². The number of H-pyrrole nitrogens is 1. The van der Waals surface area contributed by atoms with Gasteiger partial charge in [-0.15, -0.1) is 13.2 Å². The number of hydrogen-bond donors (Lipinski definition) is 1. The van der Waals surface area contributed by atoms with Crippen LogP contribution in [0.4, 0.5) is 13.2 Å². The highest BCUT2D eigenvalue weighted by atomic mass is 127. The van der Waals surface area contributed by atoms with Gasteiger partial charge in [0.2, 0.25) is 0 Å². The number of halogens is 4. The van der Waals surface area contributed by atoms with E-state index in [2.05, 4.69) is 9.72 Å². The monoisotopic (exact) mass is 305 g/mol. The molecule has 0 aliphatic rings. The fourth-order valence-corrected chi connectivity index (χ4v) is 1.09. The van der Waals surface area contributed by atoms with Gasteiger partial charge in [-0.25, -0.2) is 0 Å². The third kappa shape index (κ3) is 2.90. The number of aromatic nitrogens is 1. The Kier molecular flexibility index (Phi) is 2.84. The van der Waals surface area contributed by atoms with E-state index in [1.165, 1.54) is 22.6 Å². The summed E-state index contributed by atoms with van der Waals surface area (Å²) in [5, 5.41) is 0. The summed E-state index contributed by atoms with van der Waals surface area (Å²) in [5.74, 6) is -0.489. The van der Waals surface area contributed by atoms with Crippen molar-refractivity contribution in [1.29, 1.82) is 0 Å². The fraction of sp³-hybridized carbons (Fsp3) is 0.167. The second kappa shape index (κ2) is 3.56. The third-order valence-corrected chi connectivity index (χ3v) is 2.11. The summed E-state index contributed by atoms with van der Waals surface area (Å²) < 4.78 is 38.6. The smallest absolute Gasteiger partial charge is 0.404 e. The number of pyridine rings is 1. The summed E-state index contributed by atoms with van der Waals surface area (Å²) in [4.78, 5) is 13.0. The van der Waals surface area contributed by atoms with Crippen molar-refractivity contribution < 1.29 is 17.9 Å². The van der Waals surface area contributed by atoms with Crippen molar-refractivity contribution >= 4 is 22.6 Å². The van der Waals surface area contributed by atoms with Gasteiger partial charge in [-0.1, -0.05) is 0 Å². The van der Waals surface area contributed by atoms with Crippen LogP contribution in [0.25, 0.3) is 0 Å². The summed E-state index contributed by atoms with van der Waals surface area (Å²) in [7, 11) is 0. The molecule has 0 fully saturated rings. The number of alkyl halides is 3. The Morgan fingerprint density at radius 1 is 1.46 bits per heavy atom. The van der Waals surface area contributed by atoms with Crippen molar-refractivity contribution in [3.8, 4) is 5.75 Å². The minimum Gasteiger partial charge on any atom is -0.404 e. The molecule has 0 atom stereocenters. The number of nitrogens with one attached hydrogen (secondary N) is 1. The van der Waals surface area contributed by atoms with E-state index in [-0.39, 0.29) is 3.57 Å². The number of rotatable bonds is 1. The lowest BCUT2D eigenvalue weighted by Gasteiger charge is -2.08. The van der Waals surface area contributed by atoms with Gasteiger partial charge < -0.3 is 9.72 Å². The Labute approximate surface area is 84.0 Å². The predicted octanol–water partition coefficient (Wildman–Crippen LogP) is 1.88. The Bertz CT molecular complexity index is 360. The normalized spacial score (nSPS) is 11.4. The van der Waals surface area contributed by atoms with Gasteiger partial charge in [0.05, 0.1) is 0 Å². The van der Waals surface area contributed by atoms with Crippen LogP contribution in [-0.2, 0) is 0 Å². The molecule has 0 aromatic carbocycles. The van der Waals surface area contributed by atoms with E-state index in [0.717, 1.165) is 12.3 Å². The van der Waals surface area contributed by atoms with Crippen molar-refractivity contribution in [1.82, 2.24) is 4.98 Å². The van der Waals surface area contributed by atoms with Crippen molar-refractivity contribution in [3.05, 3.63) is 26.2 Å². The fourth-order valence-electron chi connectivity index (χ4n) is 0.645. The van der Waals surface area contributed by atoms with Crippen LogP contribution in [0, 0.1) is 3.57 Å². The van der Waals surface area contributed by atoms with Gasteiger partial charge in [-0.05, 0) is 28.7 Å². The van der Waals surface area contributed by atoms with Gasteiger partial charge in [0, 0.05) is 6.20 Å². The first kappa shape index (κ1) is 10.4. The first-order valence-corrected chi connectivity index (χ1v) is 4.11. The SMILES string of the molecule is O=c1[nH]ccc(OC(F)(F)F)c1I. The van der Waals surface area contributed by atoms with E-state index in [0.29, 0.717) is 0 Å². The van der Waals surface area contributed by atoms with Gasteiger partial charge in [-0.2, -0.15) is 0 Å². The van der Waals surface area contributed by atoms with E-state index < -0.39 is 17.7 Å². The van der Waals surface area contributed by atoms with E-state index in [1.54, 1.807) is 0 Å². The average Bonchev–Trinajstić information content (AvgIpc) is 1.96. The van der Waals surface area contributed by atoms with Crippen LogP contribution in [0.3, 0.4) is 0 Å². The standard InChI is InChI=1S/C6H3F3INO2/c7-6(8,9)13-3-1-2-11-5(12)4(3)10/h1-2H,(H,11,12). The topological polar surface area (TPSA) is 42.1 Å². The Hall–Kier alpha value is -0.730. The first-order valence-electron chi connectivity index (χ1n) is 3.03. The van der Waals surface area contributed by atoms with Crippen LogP contribution in [-0.4, -0.2) is 11.3 Å². The molecule has 0 saturated heterocycles. The maximum atomic E-state index is 11.7. The number of aromatic amines is 1. The molecular formula is C6H3F3INO2. The second-order valence-corrected chi connectivity index (χ2v) is 3.11. The summed E-state index contributed by atoms with van der Waals surface area (Å²) in [6, 6.07) is 1.04. The number of hydrogen-bond acceptors (Lipinski definition) is 2. The van der Waals surface area contributed by atoms with Gasteiger partial charge in [0.15, 0.2) is 0 Å². The molecule has 7 heteroatoms. The molecule has 1 heterocycles. The summed E-state index contributed by atoms with van der Waals surface area (Å²) in [5.41, 5.74) is -0.609. The van der Waals surface area contributed by atoms with Crippen molar-refractivity contribution in [2.24, 2.45) is 0 Å². The van der Waals surface area contributed by atoms with Crippen LogP contribution in [0.2, 0.25) is 0 Å². The van der Waals surface area contributed by atoms with Crippen LogP contribution in [0.1, 0.15) is 0 Å². The highest BCUT2D eigenvalue weighted by Gasteiger charge is 2.32. The van der Waals surface area contributed by atoms with Gasteiger partial charge in [0.25, 0.3) is 5.56 Å². The highest BCUT2D eigenvalue weighted by Crippen LogP contribution is 2.24. The van der Waals surface area contributed by atoms with Crippen molar-refractivity contribution in [2.75, 3.05) is 0 Å². The van der Waals surface area contributed by atoms with E-state index in [1.807, 2.05) is 0 Å². The van der Waals surface area contributed by atoms with Crippen molar-refractivity contribution in [3.63, 3.8) is 0 Å². The largest absolute Gasteiger partial charge is 0.573 e. The predicted molar refractivity (Wildman–Crippen MR) is 46.5 cm³/mol. The maximum Gasteiger partial charge on any atom is 0.573 e. The molecule has 13 heavy (non-hydrogen) atoms. The van der Waals surface area contributed by atoms with Gasteiger partial charge >= 0.3 is 6.36 Å². The molecule has 0 aliphatic carbocycles. The number of ether oxygens (including phenoxy) is 1. The lowest BCUT2D eigenvalue weighted by Crippen LogP contribution is -2.20. The molecule has 1 aromatic rings. The van der Waals surface area contributed by atoms with Gasteiger partial charge in [0.1, 0.15) is 9.32 Å². The molecule has 0 radical (unpaired) electrons. The molecular weight excluding hydrogens is 302 g/mol. The van der Waals surface area contributed by atoms with Crippen LogP contribution in [0.5, 0.6) is 5.75 Å². The molecule has 1 aromatic heterocycles. The molecule has 3 nitrogen and oxygen atoms in total. The van der Waals surface area contributed by atoms with Crippen LogP contribution >= 0.6 is 22.6 Å². The molecule has 0 unspecified atom stereocenters. The Morgan fingerprint density at radius 3 is 2.62 bits per heavy atom. The first-order chi connectivity index (χ1) is 5.90. The minimum absolute atomic E-state index is 0.127. The summed E-state index contributed by atoms with van der Waals surface area (Å²) in [6.07, 6.45) is -3.68. The highest BCUT2D eigenvalue weighted by molar-refractivity contribution is 14.1. The second-order valence-electron chi connectivity index (χ2n) is 2.03. The Morgan fingerprint density at radius 2 is 2.08 bits per heavy atom. The molecule has 1 N–H and O–H groups in total. The quantitative estimate of drug-likeness (QED) is 0.805. The Balaban J connectivity index is 3.03. The lowest BCUT2D eigenvalue weighted by atomic mass is 10.4. The average molecular weight is 305 g/mol. The third-order valence-electron chi connectivity index (χ3n) is 1.09. The molecule has 72 valence electrons. The van der Waals surface area contributed by atoms with Crippen LogP contribution < -0.4 is 10.3 Å². The molecule has 1 rings (SSSR count). The zero-order valence-corrected chi connectivity index (χ0v) is 8.14. The zero-order chi connectivity index (χ0) is 10.1. The molecule has 0 aliphatic heterocycles. The van der Waals surface area contributed by atoms with Crippen LogP contribution in [0.15, 0.2) is 17.1 Å². The molecule has 0 saturated carbocycles. The van der Waals surface area contributed by atoms with E-state index >= 15 is 0 Å².